The second kappa shape index (κ2) is 5.72. The fourth-order valence-corrected chi connectivity index (χ4v) is 3.87. The molecule has 2 aliphatic heterocycles. The van der Waals surface area contributed by atoms with E-state index < -0.39 is 0 Å². The number of fused-ring (bicyclic) bond motifs is 1. The number of aliphatic hydroxyl groups excluding tert-OH is 1. The molecule has 0 aliphatic carbocycles. The van der Waals surface area contributed by atoms with Gasteiger partial charge in [-0.25, -0.2) is 0 Å². The monoisotopic (exact) mass is 286 g/mol. The number of aryl methyl sites for hydroxylation is 2. The van der Waals surface area contributed by atoms with E-state index in [0.29, 0.717) is 11.8 Å². The van der Waals surface area contributed by atoms with Crippen LogP contribution in [0.1, 0.15) is 36.5 Å². The molecule has 21 heavy (non-hydrogen) atoms. The third-order valence-corrected chi connectivity index (χ3v) is 4.90. The number of nitrogens with zero attached hydrogens (tertiary/aromatic N) is 2. The van der Waals surface area contributed by atoms with Crippen molar-refractivity contribution in [3.05, 3.63) is 34.9 Å². The number of likely N-dealkylation sites (tertiary alicyclic amines) is 1. The van der Waals surface area contributed by atoms with Gasteiger partial charge in [-0.05, 0) is 63.0 Å². The van der Waals surface area contributed by atoms with E-state index in [1.807, 2.05) is 6.08 Å². The summed E-state index contributed by atoms with van der Waals surface area (Å²) in [6.45, 7) is 10.7. The summed E-state index contributed by atoms with van der Waals surface area (Å²) in [5.41, 5.74) is 4.66. The van der Waals surface area contributed by atoms with Crippen LogP contribution < -0.4 is 4.90 Å². The summed E-state index contributed by atoms with van der Waals surface area (Å²) in [7, 11) is 0. The molecule has 2 heterocycles. The van der Waals surface area contributed by atoms with Crippen LogP contribution in [0.4, 0.5) is 5.69 Å². The molecule has 1 atom stereocenters. The summed E-state index contributed by atoms with van der Waals surface area (Å²) in [6, 6.07) is 5.02. The van der Waals surface area contributed by atoms with Crippen molar-refractivity contribution in [2.45, 2.75) is 39.7 Å². The fourth-order valence-electron chi connectivity index (χ4n) is 3.87. The maximum Gasteiger partial charge on any atom is 0.122 e. The molecular weight excluding hydrogens is 260 g/mol. The zero-order valence-electron chi connectivity index (χ0n) is 13.4. The maximum atomic E-state index is 10.2. The quantitative estimate of drug-likeness (QED) is 0.921. The van der Waals surface area contributed by atoms with Gasteiger partial charge in [-0.2, -0.15) is 0 Å². The standard InChI is InChI=1S/C18H26N2O/c1-4-19-8-5-6-15(19)12-20-9-7-17(21)18-14(3)10-13(2)11-16(18)20/h7,10-11,15,21H,4-6,8-9,12H2,1-3H3. The van der Waals surface area contributed by atoms with Gasteiger partial charge in [0, 0.05) is 30.4 Å². The van der Waals surface area contributed by atoms with E-state index in [-0.39, 0.29) is 0 Å². The van der Waals surface area contributed by atoms with E-state index >= 15 is 0 Å². The minimum atomic E-state index is 0.442. The smallest absolute Gasteiger partial charge is 0.122 e. The molecule has 0 bridgehead atoms. The lowest BCUT2D eigenvalue weighted by atomic mass is 9.97. The molecule has 1 fully saturated rings. The number of rotatable bonds is 3. The van der Waals surface area contributed by atoms with E-state index in [0.717, 1.165) is 25.2 Å². The van der Waals surface area contributed by atoms with E-state index in [2.05, 4.69) is 42.7 Å². The summed E-state index contributed by atoms with van der Waals surface area (Å²) >= 11 is 0. The Morgan fingerprint density at radius 3 is 2.86 bits per heavy atom. The second-order valence-electron chi connectivity index (χ2n) is 6.39. The Morgan fingerprint density at radius 1 is 1.29 bits per heavy atom. The summed E-state index contributed by atoms with van der Waals surface area (Å²) in [4.78, 5) is 5.02. The van der Waals surface area contributed by atoms with Gasteiger partial charge in [-0.15, -0.1) is 0 Å². The lowest BCUT2D eigenvalue weighted by Gasteiger charge is -2.35. The molecule has 3 nitrogen and oxygen atoms in total. The normalized spacial score (nSPS) is 22.3. The molecule has 1 aromatic rings. The first-order valence-electron chi connectivity index (χ1n) is 8.10. The largest absolute Gasteiger partial charge is 0.508 e. The van der Waals surface area contributed by atoms with Crippen molar-refractivity contribution < 1.29 is 5.11 Å². The first-order chi connectivity index (χ1) is 10.1. The molecule has 0 aromatic heterocycles. The van der Waals surface area contributed by atoms with E-state index in [9.17, 15) is 5.11 Å². The predicted molar refractivity (Wildman–Crippen MR) is 89.0 cm³/mol. The topological polar surface area (TPSA) is 26.7 Å². The Bertz CT molecular complexity index is 565. The number of likely N-dealkylation sites (N-methyl/N-ethyl adjacent to an activating group) is 1. The predicted octanol–water partition coefficient (Wildman–Crippen LogP) is 3.51. The van der Waals surface area contributed by atoms with Crippen LogP contribution in [0.15, 0.2) is 18.2 Å². The van der Waals surface area contributed by atoms with Crippen molar-refractivity contribution in [2.75, 3.05) is 31.1 Å². The van der Waals surface area contributed by atoms with Crippen molar-refractivity contribution in [3.8, 4) is 0 Å². The molecule has 1 saturated heterocycles. The summed E-state index contributed by atoms with van der Waals surface area (Å²) in [5, 5.41) is 10.2. The van der Waals surface area contributed by atoms with Gasteiger partial charge < -0.3 is 10.0 Å². The van der Waals surface area contributed by atoms with Gasteiger partial charge in [0.2, 0.25) is 0 Å². The van der Waals surface area contributed by atoms with Crippen molar-refractivity contribution in [1.29, 1.82) is 0 Å². The third kappa shape index (κ3) is 2.67. The second-order valence-corrected chi connectivity index (χ2v) is 6.39. The van der Waals surface area contributed by atoms with E-state index in [1.54, 1.807) is 0 Å². The van der Waals surface area contributed by atoms with Crippen molar-refractivity contribution in [3.63, 3.8) is 0 Å². The molecule has 1 N–H and O–H groups in total. The molecule has 3 rings (SSSR count). The minimum absolute atomic E-state index is 0.442. The van der Waals surface area contributed by atoms with Crippen molar-refractivity contribution >= 4 is 11.4 Å². The Hall–Kier alpha value is -1.48. The highest BCUT2D eigenvalue weighted by atomic mass is 16.3. The van der Waals surface area contributed by atoms with E-state index in [4.69, 9.17) is 0 Å². The van der Waals surface area contributed by atoms with Crippen LogP contribution in [0.3, 0.4) is 0 Å². The number of aliphatic hydroxyl groups is 1. The fraction of sp³-hybridized carbons (Fsp3) is 0.556. The highest BCUT2D eigenvalue weighted by Gasteiger charge is 2.28. The number of anilines is 1. The van der Waals surface area contributed by atoms with Crippen LogP contribution in [0.2, 0.25) is 0 Å². The first-order valence-corrected chi connectivity index (χ1v) is 8.10. The number of hydrogen-bond donors (Lipinski definition) is 1. The van der Waals surface area contributed by atoms with Gasteiger partial charge >= 0.3 is 0 Å². The van der Waals surface area contributed by atoms with Gasteiger partial charge in [-0.1, -0.05) is 13.0 Å². The van der Waals surface area contributed by atoms with Crippen LogP contribution in [-0.4, -0.2) is 42.2 Å². The zero-order valence-corrected chi connectivity index (χ0v) is 13.4. The average Bonchev–Trinajstić information content (AvgIpc) is 2.88. The molecule has 0 spiro atoms. The molecule has 0 saturated carbocycles. The molecule has 1 unspecified atom stereocenters. The van der Waals surface area contributed by atoms with Gasteiger partial charge in [0.1, 0.15) is 5.76 Å². The van der Waals surface area contributed by atoms with Crippen LogP contribution in [-0.2, 0) is 0 Å². The van der Waals surface area contributed by atoms with Crippen molar-refractivity contribution in [2.24, 2.45) is 0 Å². The molecule has 1 aromatic carbocycles. The van der Waals surface area contributed by atoms with Crippen molar-refractivity contribution in [1.82, 2.24) is 4.90 Å². The number of benzene rings is 1. The average molecular weight is 286 g/mol. The highest BCUT2D eigenvalue weighted by molar-refractivity contribution is 5.79. The molecule has 3 heteroatoms. The minimum Gasteiger partial charge on any atom is -0.508 e. The molecule has 2 aliphatic rings. The Kier molecular flexibility index (Phi) is 3.94. The van der Waals surface area contributed by atoms with Crippen LogP contribution in [0.5, 0.6) is 0 Å². The Morgan fingerprint density at radius 2 is 2.10 bits per heavy atom. The Labute approximate surface area is 127 Å². The van der Waals surface area contributed by atoms with Crippen LogP contribution in [0, 0.1) is 13.8 Å². The van der Waals surface area contributed by atoms with Gasteiger partial charge in [0.25, 0.3) is 0 Å². The third-order valence-electron chi connectivity index (χ3n) is 4.90. The summed E-state index contributed by atoms with van der Waals surface area (Å²) < 4.78 is 0. The molecule has 0 radical (unpaired) electrons. The lowest BCUT2D eigenvalue weighted by Crippen LogP contribution is -2.41. The van der Waals surface area contributed by atoms with Gasteiger partial charge in [0.05, 0.1) is 0 Å². The summed E-state index contributed by atoms with van der Waals surface area (Å²) in [6.07, 6.45) is 4.56. The highest BCUT2D eigenvalue weighted by Crippen LogP contribution is 2.34. The number of hydrogen-bond acceptors (Lipinski definition) is 3. The van der Waals surface area contributed by atoms with Gasteiger partial charge in [0.15, 0.2) is 0 Å². The van der Waals surface area contributed by atoms with Gasteiger partial charge in [-0.3, -0.25) is 4.90 Å². The summed E-state index contributed by atoms with van der Waals surface area (Å²) in [5.74, 6) is 0.442. The molecule has 0 amide bonds. The maximum absolute atomic E-state index is 10.2. The molecule has 114 valence electrons. The first kappa shape index (κ1) is 14.5. The van der Waals surface area contributed by atoms with E-state index in [1.165, 1.54) is 36.2 Å². The lowest BCUT2D eigenvalue weighted by molar-refractivity contribution is 0.269. The zero-order chi connectivity index (χ0) is 15.0. The van der Waals surface area contributed by atoms with Crippen LogP contribution >= 0.6 is 0 Å². The Balaban J connectivity index is 1.89. The SMILES string of the molecule is CCN1CCCC1CN1CC=C(O)c2c(C)cc(C)cc21. The van der Waals surface area contributed by atoms with Crippen LogP contribution in [0.25, 0.3) is 5.76 Å². The molecular formula is C18H26N2O.